The van der Waals surface area contributed by atoms with E-state index in [0.29, 0.717) is 22.5 Å². The number of aromatic nitrogens is 4. The van der Waals surface area contributed by atoms with Gasteiger partial charge in [0.2, 0.25) is 0 Å². The molecule has 6 heteroatoms. The smallest absolute Gasteiger partial charge is 0.261 e. The van der Waals surface area contributed by atoms with E-state index in [-0.39, 0.29) is 18.2 Å². The standard InChI is InChI=1S/C21H24N4O2/c1-14(12-26)25-13-23-20-17(21(25)27)10-18(15-6-3-2-4-7-15)24-19(20)16-8-5-9-22-11-16/h5,8-11,13-15,26H,2-4,6-7,12H2,1H3. The summed E-state index contributed by atoms with van der Waals surface area (Å²) in [6, 6.07) is 5.41. The minimum atomic E-state index is -0.317. The fraction of sp³-hybridized carbons (Fsp3) is 0.429. The summed E-state index contributed by atoms with van der Waals surface area (Å²) in [5.74, 6) is 0.377. The normalized spacial score (nSPS) is 16.5. The van der Waals surface area contributed by atoms with E-state index < -0.39 is 0 Å². The van der Waals surface area contributed by atoms with Crippen LogP contribution in [0.25, 0.3) is 22.2 Å². The van der Waals surface area contributed by atoms with Crippen LogP contribution in [-0.2, 0) is 0 Å². The van der Waals surface area contributed by atoms with Crippen LogP contribution in [0.3, 0.4) is 0 Å². The number of hydrogen-bond donors (Lipinski definition) is 1. The monoisotopic (exact) mass is 364 g/mol. The summed E-state index contributed by atoms with van der Waals surface area (Å²) >= 11 is 0. The molecule has 0 aromatic carbocycles. The van der Waals surface area contributed by atoms with Crippen molar-refractivity contribution >= 4 is 10.9 Å². The maximum atomic E-state index is 13.1. The molecule has 4 rings (SSSR count). The lowest BCUT2D eigenvalue weighted by molar-refractivity contribution is 0.236. The van der Waals surface area contributed by atoms with Gasteiger partial charge in [-0.3, -0.25) is 19.3 Å². The van der Waals surface area contributed by atoms with E-state index >= 15 is 0 Å². The third kappa shape index (κ3) is 3.37. The van der Waals surface area contributed by atoms with E-state index in [1.807, 2.05) is 18.2 Å². The van der Waals surface area contributed by atoms with Crippen molar-refractivity contribution in [2.75, 3.05) is 6.61 Å². The van der Waals surface area contributed by atoms with Gasteiger partial charge in [0.05, 0.1) is 30.1 Å². The molecule has 140 valence electrons. The summed E-state index contributed by atoms with van der Waals surface area (Å²) in [5.41, 5.74) is 3.00. The summed E-state index contributed by atoms with van der Waals surface area (Å²) in [5, 5.41) is 10.0. The van der Waals surface area contributed by atoms with Crippen LogP contribution in [-0.4, -0.2) is 31.2 Å². The molecule has 1 aliphatic carbocycles. The Morgan fingerprint density at radius 2 is 2.11 bits per heavy atom. The van der Waals surface area contributed by atoms with Gasteiger partial charge in [-0.05, 0) is 38.0 Å². The molecule has 3 heterocycles. The topological polar surface area (TPSA) is 80.9 Å². The highest BCUT2D eigenvalue weighted by Crippen LogP contribution is 2.34. The average molecular weight is 364 g/mol. The zero-order valence-corrected chi connectivity index (χ0v) is 15.5. The number of pyridine rings is 2. The summed E-state index contributed by atoms with van der Waals surface area (Å²) in [6.07, 6.45) is 10.9. The molecular formula is C21H24N4O2. The molecule has 0 bridgehead atoms. The number of aliphatic hydroxyl groups is 1. The minimum Gasteiger partial charge on any atom is -0.394 e. The van der Waals surface area contributed by atoms with Crippen molar-refractivity contribution in [3.05, 3.63) is 53.0 Å². The van der Waals surface area contributed by atoms with E-state index in [2.05, 4.69) is 9.97 Å². The lowest BCUT2D eigenvalue weighted by Crippen LogP contribution is -2.26. The van der Waals surface area contributed by atoms with Crippen LogP contribution in [0.5, 0.6) is 0 Å². The maximum absolute atomic E-state index is 13.1. The molecule has 1 unspecified atom stereocenters. The first-order valence-corrected chi connectivity index (χ1v) is 9.62. The molecular weight excluding hydrogens is 340 g/mol. The number of nitrogens with zero attached hydrogens (tertiary/aromatic N) is 4. The molecule has 1 fully saturated rings. The first-order chi connectivity index (χ1) is 13.2. The van der Waals surface area contributed by atoms with Crippen molar-refractivity contribution in [3.63, 3.8) is 0 Å². The van der Waals surface area contributed by atoms with E-state index in [4.69, 9.17) is 4.98 Å². The third-order valence-electron chi connectivity index (χ3n) is 5.49. The van der Waals surface area contributed by atoms with Gasteiger partial charge in [0.1, 0.15) is 5.52 Å². The van der Waals surface area contributed by atoms with E-state index in [9.17, 15) is 9.90 Å². The second-order valence-electron chi connectivity index (χ2n) is 7.36. The predicted molar refractivity (Wildman–Crippen MR) is 105 cm³/mol. The van der Waals surface area contributed by atoms with Gasteiger partial charge in [0.25, 0.3) is 5.56 Å². The first-order valence-electron chi connectivity index (χ1n) is 9.62. The summed E-state index contributed by atoms with van der Waals surface area (Å²) in [4.78, 5) is 26.8. The second-order valence-corrected chi connectivity index (χ2v) is 7.36. The van der Waals surface area contributed by atoms with Crippen LogP contribution < -0.4 is 5.56 Å². The van der Waals surface area contributed by atoms with Gasteiger partial charge in [-0.25, -0.2) is 4.98 Å². The summed E-state index contributed by atoms with van der Waals surface area (Å²) in [6.45, 7) is 1.70. The van der Waals surface area contributed by atoms with E-state index in [1.165, 1.54) is 30.2 Å². The van der Waals surface area contributed by atoms with Crippen LogP contribution in [0, 0.1) is 0 Å². The summed E-state index contributed by atoms with van der Waals surface area (Å²) < 4.78 is 1.50. The fourth-order valence-corrected chi connectivity index (χ4v) is 3.88. The van der Waals surface area contributed by atoms with Gasteiger partial charge in [-0.1, -0.05) is 19.3 Å². The lowest BCUT2D eigenvalue weighted by atomic mass is 9.86. The Morgan fingerprint density at radius 1 is 1.30 bits per heavy atom. The van der Waals surface area contributed by atoms with E-state index in [1.54, 1.807) is 19.3 Å². The van der Waals surface area contributed by atoms with Gasteiger partial charge in [0.15, 0.2) is 0 Å². The van der Waals surface area contributed by atoms with Gasteiger partial charge >= 0.3 is 0 Å². The maximum Gasteiger partial charge on any atom is 0.261 e. The zero-order chi connectivity index (χ0) is 18.8. The molecule has 0 amide bonds. The number of rotatable bonds is 4. The molecule has 0 aliphatic heterocycles. The molecule has 0 spiro atoms. The Balaban J connectivity index is 1.96. The van der Waals surface area contributed by atoms with Crippen molar-refractivity contribution in [1.29, 1.82) is 0 Å². The fourth-order valence-electron chi connectivity index (χ4n) is 3.88. The van der Waals surface area contributed by atoms with Crippen LogP contribution in [0.1, 0.15) is 56.7 Å². The molecule has 6 nitrogen and oxygen atoms in total. The molecule has 0 radical (unpaired) electrons. The van der Waals surface area contributed by atoms with Crippen molar-refractivity contribution in [2.45, 2.75) is 51.0 Å². The molecule has 0 saturated heterocycles. The summed E-state index contributed by atoms with van der Waals surface area (Å²) in [7, 11) is 0. The molecule has 1 atom stereocenters. The second kappa shape index (κ2) is 7.56. The molecule has 1 N–H and O–H groups in total. The van der Waals surface area contributed by atoms with Crippen LogP contribution >= 0.6 is 0 Å². The van der Waals surface area contributed by atoms with Gasteiger partial charge in [-0.2, -0.15) is 0 Å². The molecule has 3 aromatic rings. The van der Waals surface area contributed by atoms with Gasteiger partial charge in [0, 0.05) is 29.6 Å². The molecule has 27 heavy (non-hydrogen) atoms. The molecule has 3 aromatic heterocycles. The van der Waals surface area contributed by atoms with Crippen LogP contribution in [0.4, 0.5) is 0 Å². The Morgan fingerprint density at radius 3 is 2.81 bits per heavy atom. The quantitative estimate of drug-likeness (QED) is 0.767. The van der Waals surface area contributed by atoms with Crippen molar-refractivity contribution in [3.8, 4) is 11.3 Å². The number of fused-ring (bicyclic) bond motifs is 1. The Labute approximate surface area is 157 Å². The zero-order valence-electron chi connectivity index (χ0n) is 15.5. The first kappa shape index (κ1) is 17.8. The Kier molecular flexibility index (Phi) is 4.99. The van der Waals surface area contributed by atoms with Crippen molar-refractivity contribution < 1.29 is 5.11 Å². The SMILES string of the molecule is CC(CO)n1cnc2c(-c3cccnc3)nc(C3CCCCC3)cc2c1=O. The minimum absolute atomic E-state index is 0.108. The van der Waals surface area contributed by atoms with E-state index in [0.717, 1.165) is 24.1 Å². The number of aliphatic hydroxyl groups excluding tert-OH is 1. The number of hydrogen-bond acceptors (Lipinski definition) is 5. The third-order valence-corrected chi connectivity index (χ3v) is 5.49. The van der Waals surface area contributed by atoms with Crippen molar-refractivity contribution in [1.82, 2.24) is 19.5 Å². The van der Waals surface area contributed by atoms with Crippen LogP contribution in [0.2, 0.25) is 0 Å². The van der Waals surface area contributed by atoms with Gasteiger partial charge < -0.3 is 5.11 Å². The lowest BCUT2D eigenvalue weighted by Gasteiger charge is -2.22. The Bertz CT molecular complexity index is 994. The average Bonchev–Trinajstić information content (AvgIpc) is 2.74. The van der Waals surface area contributed by atoms with Crippen molar-refractivity contribution in [2.24, 2.45) is 0 Å². The highest BCUT2D eigenvalue weighted by Gasteiger charge is 2.21. The molecule has 1 saturated carbocycles. The van der Waals surface area contributed by atoms with Crippen LogP contribution in [0.15, 0.2) is 41.7 Å². The Hall–Kier alpha value is -2.60. The molecule has 1 aliphatic rings. The largest absolute Gasteiger partial charge is 0.394 e. The van der Waals surface area contributed by atoms with Gasteiger partial charge in [-0.15, -0.1) is 0 Å². The highest BCUT2D eigenvalue weighted by molar-refractivity contribution is 5.90. The highest BCUT2D eigenvalue weighted by atomic mass is 16.3. The predicted octanol–water partition coefficient (Wildman–Crippen LogP) is 3.45.